The van der Waals surface area contributed by atoms with Gasteiger partial charge in [-0.25, -0.2) is 9.97 Å². The lowest BCUT2D eigenvalue weighted by Gasteiger charge is -2.33. The van der Waals surface area contributed by atoms with Gasteiger partial charge in [0.1, 0.15) is 30.0 Å². The van der Waals surface area contributed by atoms with Gasteiger partial charge in [-0.05, 0) is 67.3 Å². The van der Waals surface area contributed by atoms with E-state index in [0.717, 1.165) is 35.8 Å². The average molecular weight is 489 g/mol. The average Bonchev–Trinajstić information content (AvgIpc) is 2.88. The second kappa shape index (κ2) is 11.4. The summed E-state index contributed by atoms with van der Waals surface area (Å²) < 4.78 is 17.2. The molecule has 0 unspecified atom stereocenters. The Bertz CT molecular complexity index is 1150. The second-order valence-electron chi connectivity index (χ2n) is 9.62. The Morgan fingerprint density at radius 1 is 1.03 bits per heavy atom. The summed E-state index contributed by atoms with van der Waals surface area (Å²) in [5, 5.41) is 3.16. The van der Waals surface area contributed by atoms with Crippen LogP contribution in [0.1, 0.15) is 50.4 Å². The Morgan fingerprint density at radius 2 is 1.67 bits per heavy atom. The van der Waals surface area contributed by atoms with Crippen molar-refractivity contribution in [1.29, 1.82) is 0 Å². The normalized spacial score (nSPS) is 17.8. The maximum atomic E-state index is 6.00. The van der Waals surface area contributed by atoms with Crippen molar-refractivity contribution in [3.05, 3.63) is 89.5 Å². The number of hydrogen-bond acceptors (Lipinski definition) is 7. The lowest BCUT2D eigenvalue weighted by atomic mass is 9.78. The molecule has 1 heterocycles. The summed E-state index contributed by atoms with van der Waals surface area (Å²) in [6.07, 6.45) is 5.74. The van der Waals surface area contributed by atoms with Crippen molar-refractivity contribution in [3.63, 3.8) is 0 Å². The Morgan fingerprint density at radius 3 is 2.25 bits per heavy atom. The van der Waals surface area contributed by atoms with Gasteiger partial charge < -0.3 is 25.3 Å². The molecule has 0 aliphatic heterocycles. The number of nitrogens with one attached hydrogen (secondary N) is 1. The second-order valence-corrected chi connectivity index (χ2v) is 9.62. The fraction of sp³-hybridized carbons (Fsp3) is 0.379. The molecule has 7 heteroatoms. The van der Waals surface area contributed by atoms with Gasteiger partial charge in [0.2, 0.25) is 5.95 Å². The third-order valence-electron chi connectivity index (χ3n) is 6.69. The number of nitrogens with zero attached hydrogens (tertiary/aromatic N) is 2. The zero-order valence-electron chi connectivity index (χ0n) is 21.5. The number of methoxy groups -OCH3 is 1. The Labute approximate surface area is 213 Å². The van der Waals surface area contributed by atoms with E-state index in [1.807, 2.05) is 31.2 Å². The van der Waals surface area contributed by atoms with Crippen molar-refractivity contribution in [2.24, 2.45) is 5.73 Å². The van der Waals surface area contributed by atoms with Crippen LogP contribution in [0.2, 0.25) is 0 Å². The minimum absolute atomic E-state index is 0.156. The first-order valence-electron chi connectivity index (χ1n) is 12.4. The Kier molecular flexibility index (Phi) is 8.10. The molecule has 7 nitrogen and oxygen atoms in total. The predicted octanol–water partition coefficient (Wildman–Crippen LogP) is 5.21. The molecule has 1 saturated carbocycles. The molecule has 2 aromatic carbocycles. The summed E-state index contributed by atoms with van der Waals surface area (Å²) in [5.41, 5.74) is 8.93. The molecule has 0 atom stereocenters. The van der Waals surface area contributed by atoms with Crippen LogP contribution in [-0.4, -0.2) is 35.8 Å². The quantitative estimate of drug-likeness (QED) is 0.358. The lowest BCUT2D eigenvalue weighted by molar-refractivity contribution is 0.101. The summed E-state index contributed by atoms with van der Waals surface area (Å²) >= 11 is 0. The number of allylic oxidation sites excluding steroid dienone is 1. The summed E-state index contributed by atoms with van der Waals surface area (Å²) in [7, 11) is 1.65. The highest BCUT2D eigenvalue weighted by molar-refractivity contribution is 5.42. The van der Waals surface area contributed by atoms with E-state index in [4.69, 9.17) is 19.9 Å². The monoisotopic (exact) mass is 488 g/mol. The molecule has 0 bridgehead atoms. The third kappa shape index (κ3) is 6.34. The van der Waals surface area contributed by atoms with Crippen LogP contribution in [-0.2, 0) is 16.8 Å². The Balaban J connectivity index is 1.33. The van der Waals surface area contributed by atoms with E-state index in [1.54, 1.807) is 13.3 Å². The molecule has 4 rings (SSSR count). The van der Waals surface area contributed by atoms with Crippen LogP contribution >= 0.6 is 0 Å². The number of ether oxygens (including phenoxy) is 3. The number of anilines is 1. The molecule has 0 spiro atoms. The van der Waals surface area contributed by atoms with Crippen LogP contribution < -0.4 is 20.5 Å². The van der Waals surface area contributed by atoms with E-state index in [9.17, 15) is 0 Å². The van der Waals surface area contributed by atoms with E-state index in [2.05, 4.69) is 65.5 Å². The van der Waals surface area contributed by atoms with Crippen LogP contribution in [0.4, 0.5) is 5.95 Å². The van der Waals surface area contributed by atoms with Crippen LogP contribution in [0, 0.1) is 0 Å². The zero-order chi connectivity index (χ0) is 25.5. The van der Waals surface area contributed by atoms with Crippen molar-refractivity contribution in [2.75, 3.05) is 19.0 Å². The van der Waals surface area contributed by atoms with E-state index in [1.165, 1.54) is 11.1 Å². The van der Waals surface area contributed by atoms with Crippen LogP contribution in [0.3, 0.4) is 0 Å². The summed E-state index contributed by atoms with van der Waals surface area (Å²) in [6.45, 7) is 7.26. The van der Waals surface area contributed by atoms with Gasteiger partial charge in [0.15, 0.2) is 0 Å². The van der Waals surface area contributed by atoms with Gasteiger partial charge in [-0.1, -0.05) is 38.1 Å². The summed E-state index contributed by atoms with van der Waals surface area (Å²) in [5.74, 6) is 3.06. The molecule has 36 heavy (non-hydrogen) atoms. The molecule has 3 aromatic rings. The van der Waals surface area contributed by atoms with Gasteiger partial charge in [-0.2, -0.15) is 0 Å². The third-order valence-corrected chi connectivity index (χ3v) is 6.69. The number of rotatable bonds is 11. The van der Waals surface area contributed by atoms with Gasteiger partial charge in [0, 0.05) is 17.7 Å². The van der Waals surface area contributed by atoms with Crippen molar-refractivity contribution in [3.8, 4) is 11.5 Å². The molecule has 3 N–H and O–H groups in total. The smallest absolute Gasteiger partial charge is 0.223 e. The van der Waals surface area contributed by atoms with Gasteiger partial charge in [0.05, 0.1) is 19.3 Å². The number of hydrogen-bond donors (Lipinski definition) is 2. The fourth-order valence-corrected chi connectivity index (χ4v) is 4.16. The van der Waals surface area contributed by atoms with Crippen molar-refractivity contribution < 1.29 is 14.2 Å². The van der Waals surface area contributed by atoms with Gasteiger partial charge in [0.25, 0.3) is 0 Å². The maximum absolute atomic E-state index is 6.00. The van der Waals surface area contributed by atoms with Crippen molar-refractivity contribution in [2.45, 2.75) is 57.8 Å². The van der Waals surface area contributed by atoms with E-state index < -0.39 is 0 Å². The maximum Gasteiger partial charge on any atom is 0.223 e. The van der Waals surface area contributed by atoms with Gasteiger partial charge in [-0.15, -0.1) is 0 Å². The molecule has 0 saturated heterocycles. The molecule has 1 fully saturated rings. The SMILES string of the molecule is CC=C(CNc1nccc(COc2ccc(C(C)(C)c3ccc(OC4CC(N)C4)cc3)cc2)n1)OC. The first-order valence-corrected chi connectivity index (χ1v) is 12.4. The number of benzene rings is 2. The standard InChI is InChI=1S/C29H36N4O3/c1-5-24(34-4)18-32-28-31-15-14-23(33-28)19-35-25-10-6-20(7-11-25)29(2,3)21-8-12-26(13-9-21)36-27-16-22(30)17-27/h5-15,22,27H,16-19,30H2,1-4H3,(H,31,32,33). The van der Waals surface area contributed by atoms with E-state index >= 15 is 0 Å². The van der Waals surface area contributed by atoms with Gasteiger partial charge in [-0.3, -0.25) is 0 Å². The minimum Gasteiger partial charge on any atom is -0.500 e. The molecule has 1 aromatic heterocycles. The zero-order valence-corrected chi connectivity index (χ0v) is 21.5. The first kappa shape index (κ1) is 25.5. The summed E-state index contributed by atoms with van der Waals surface area (Å²) in [6, 6.07) is 18.8. The molecule has 0 amide bonds. The van der Waals surface area contributed by atoms with E-state index in [0.29, 0.717) is 19.1 Å². The molecular formula is C29H36N4O3. The minimum atomic E-state index is -0.156. The number of nitrogens with two attached hydrogens (primary N) is 1. The highest BCUT2D eigenvalue weighted by Gasteiger charge is 2.28. The van der Waals surface area contributed by atoms with Gasteiger partial charge >= 0.3 is 0 Å². The molecular weight excluding hydrogens is 452 g/mol. The highest BCUT2D eigenvalue weighted by atomic mass is 16.5. The van der Waals surface area contributed by atoms with Crippen LogP contribution in [0.25, 0.3) is 0 Å². The lowest BCUT2D eigenvalue weighted by Crippen LogP contribution is -2.43. The molecule has 0 radical (unpaired) electrons. The van der Waals surface area contributed by atoms with E-state index in [-0.39, 0.29) is 17.6 Å². The predicted molar refractivity (Wildman–Crippen MR) is 142 cm³/mol. The number of aromatic nitrogens is 2. The largest absolute Gasteiger partial charge is 0.500 e. The molecule has 1 aliphatic carbocycles. The summed E-state index contributed by atoms with van der Waals surface area (Å²) in [4.78, 5) is 8.77. The van der Waals surface area contributed by atoms with Crippen LogP contribution in [0.15, 0.2) is 72.6 Å². The molecule has 1 aliphatic rings. The van der Waals surface area contributed by atoms with Crippen molar-refractivity contribution in [1.82, 2.24) is 9.97 Å². The molecule has 190 valence electrons. The van der Waals surface area contributed by atoms with Crippen LogP contribution in [0.5, 0.6) is 11.5 Å². The fourth-order valence-electron chi connectivity index (χ4n) is 4.16. The Hall–Kier alpha value is -3.58. The first-order chi connectivity index (χ1) is 17.4. The topological polar surface area (TPSA) is 91.5 Å². The highest BCUT2D eigenvalue weighted by Crippen LogP contribution is 2.34. The van der Waals surface area contributed by atoms with Crippen molar-refractivity contribution >= 4 is 5.95 Å².